The summed E-state index contributed by atoms with van der Waals surface area (Å²) < 4.78 is 0. The SMILES string of the molecule is C=C(NC)/C(O)=C/C(=O)N(C)C. The first-order valence-electron chi connectivity index (χ1n) is 3.48. The molecule has 0 aromatic rings. The number of hydrogen-bond acceptors (Lipinski definition) is 3. The molecule has 0 spiro atoms. The molecule has 68 valence electrons. The Balaban J connectivity index is 4.36. The first-order valence-corrected chi connectivity index (χ1v) is 3.48. The van der Waals surface area contributed by atoms with Crippen molar-refractivity contribution in [1.82, 2.24) is 10.2 Å². The summed E-state index contributed by atoms with van der Waals surface area (Å²) >= 11 is 0. The lowest BCUT2D eigenvalue weighted by Crippen LogP contribution is -2.20. The van der Waals surface area contributed by atoms with Gasteiger partial charge in [-0.05, 0) is 0 Å². The van der Waals surface area contributed by atoms with Crippen molar-refractivity contribution in [2.45, 2.75) is 0 Å². The van der Waals surface area contributed by atoms with Crippen molar-refractivity contribution >= 4 is 5.91 Å². The van der Waals surface area contributed by atoms with Gasteiger partial charge in [0, 0.05) is 27.2 Å². The second-order valence-corrected chi connectivity index (χ2v) is 2.49. The zero-order chi connectivity index (χ0) is 9.72. The Morgan fingerprint density at radius 3 is 2.42 bits per heavy atom. The van der Waals surface area contributed by atoms with Crippen molar-refractivity contribution in [3.05, 3.63) is 24.1 Å². The molecule has 0 aromatic heterocycles. The Kier molecular flexibility index (Phi) is 3.90. The summed E-state index contributed by atoms with van der Waals surface area (Å²) in [6.45, 7) is 3.49. The summed E-state index contributed by atoms with van der Waals surface area (Å²) in [6.07, 6.45) is 1.11. The topological polar surface area (TPSA) is 52.6 Å². The van der Waals surface area contributed by atoms with Gasteiger partial charge in [0.25, 0.3) is 0 Å². The minimum absolute atomic E-state index is 0.142. The van der Waals surface area contributed by atoms with E-state index in [-0.39, 0.29) is 11.7 Å². The molecule has 4 nitrogen and oxygen atoms in total. The number of aliphatic hydroxyl groups excluding tert-OH is 1. The van der Waals surface area contributed by atoms with E-state index < -0.39 is 0 Å². The molecule has 0 heterocycles. The number of hydrogen-bond donors (Lipinski definition) is 2. The molecule has 0 aliphatic carbocycles. The predicted molar refractivity (Wildman–Crippen MR) is 47.6 cm³/mol. The molecule has 0 saturated carbocycles. The second kappa shape index (κ2) is 4.43. The van der Waals surface area contributed by atoms with Crippen LogP contribution in [-0.4, -0.2) is 37.1 Å². The van der Waals surface area contributed by atoms with Crippen LogP contribution in [0.3, 0.4) is 0 Å². The highest BCUT2D eigenvalue weighted by molar-refractivity contribution is 5.88. The molecule has 0 fully saturated rings. The van der Waals surface area contributed by atoms with Crippen LogP contribution in [0.15, 0.2) is 24.1 Å². The van der Waals surface area contributed by atoms with E-state index in [0.29, 0.717) is 5.70 Å². The van der Waals surface area contributed by atoms with Crippen LogP contribution in [0.25, 0.3) is 0 Å². The van der Waals surface area contributed by atoms with Gasteiger partial charge in [-0.2, -0.15) is 0 Å². The monoisotopic (exact) mass is 170 g/mol. The van der Waals surface area contributed by atoms with E-state index in [1.807, 2.05) is 0 Å². The van der Waals surface area contributed by atoms with Gasteiger partial charge in [0.1, 0.15) is 5.76 Å². The van der Waals surface area contributed by atoms with Crippen LogP contribution in [-0.2, 0) is 4.79 Å². The Hall–Kier alpha value is -1.45. The summed E-state index contributed by atoms with van der Waals surface area (Å²) in [6, 6.07) is 0. The molecule has 2 N–H and O–H groups in total. The standard InChI is InChI=1S/C8H14N2O2/c1-6(9-2)7(11)5-8(12)10(3)4/h5,9,11H,1H2,2-4H3/b7-5-. The fourth-order valence-electron chi connectivity index (χ4n) is 0.461. The second-order valence-electron chi connectivity index (χ2n) is 2.49. The normalized spacial score (nSPS) is 10.8. The molecule has 0 radical (unpaired) electrons. The number of rotatable bonds is 3. The highest BCUT2D eigenvalue weighted by Gasteiger charge is 2.03. The number of carbonyl (C=O) groups is 1. The number of amides is 1. The van der Waals surface area contributed by atoms with Gasteiger partial charge < -0.3 is 15.3 Å². The molecule has 0 bridgehead atoms. The third-order valence-electron chi connectivity index (χ3n) is 1.31. The van der Waals surface area contributed by atoms with Crippen molar-refractivity contribution in [2.24, 2.45) is 0 Å². The first kappa shape index (κ1) is 10.6. The summed E-state index contributed by atoms with van der Waals surface area (Å²) in [5, 5.41) is 11.8. The highest BCUT2D eigenvalue weighted by atomic mass is 16.3. The van der Waals surface area contributed by atoms with E-state index in [1.165, 1.54) is 4.90 Å². The van der Waals surface area contributed by atoms with E-state index in [1.54, 1.807) is 21.1 Å². The van der Waals surface area contributed by atoms with Crippen LogP contribution in [0.4, 0.5) is 0 Å². The van der Waals surface area contributed by atoms with E-state index >= 15 is 0 Å². The third kappa shape index (κ3) is 3.09. The van der Waals surface area contributed by atoms with Gasteiger partial charge >= 0.3 is 0 Å². The van der Waals surface area contributed by atoms with Gasteiger partial charge in [0.2, 0.25) is 5.91 Å². The maximum absolute atomic E-state index is 11.0. The zero-order valence-corrected chi connectivity index (χ0v) is 7.59. The van der Waals surface area contributed by atoms with Crippen LogP contribution < -0.4 is 5.32 Å². The molecule has 0 aliphatic heterocycles. The van der Waals surface area contributed by atoms with Gasteiger partial charge in [-0.25, -0.2) is 0 Å². The van der Waals surface area contributed by atoms with E-state index in [0.717, 1.165) is 6.08 Å². The Morgan fingerprint density at radius 1 is 1.58 bits per heavy atom. The van der Waals surface area contributed by atoms with Gasteiger partial charge in [0.15, 0.2) is 0 Å². The fourth-order valence-corrected chi connectivity index (χ4v) is 0.461. The van der Waals surface area contributed by atoms with E-state index in [4.69, 9.17) is 0 Å². The third-order valence-corrected chi connectivity index (χ3v) is 1.31. The molecule has 4 heteroatoms. The fraction of sp³-hybridized carbons (Fsp3) is 0.375. The van der Waals surface area contributed by atoms with E-state index in [9.17, 15) is 9.90 Å². The maximum atomic E-state index is 11.0. The van der Waals surface area contributed by atoms with Crippen LogP contribution >= 0.6 is 0 Å². The van der Waals surface area contributed by atoms with Crippen molar-refractivity contribution in [1.29, 1.82) is 0 Å². The maximum Gasteiger partial charge on any atom is 0.249 e. The first-order chi connectivity index (χ1) is 5.49. The number of aliphatic hydroxyl groups is 1. The van der Waals surface area contributed by atoms with Crippen molar-refractivity contribution in [3.63, 3.8) is 0 Å². The summed E-state index contributed by atoms with van der Waals surface area (Å²) in [7, 11) is 4.83. The van der Waals surface area contributed by atoms with Crippen molar-refractivity contribution < 1.29 is 9.90 Å². The average molecular weight is 170 g/mol. The smallest absolute Gasteiger partial charge is 0.249 e. The molecule has 0 rings (SSSR count). The predicted octanol–water partition coefficient (Wildman–Crippen LogP) is 0.250. The van der Waals surface area contributed by atoms with Gasteiger partial charge in [0.05, 0.1) is 5.70 Å². The summed E-state index contributed by atoms with van der Waals surface area (Å²) in [4.78, 5) is 12.4. The lowest BCUT2D eigenvalue weighted by molar-refractivity contribution is -0.123. The minimum Gasteiger partial charge on any atom is -0.506 e. The molecule has 0 atom stereocenters. The number of carbonyl (C=O) groups excluding carboxylic acids is 1. The highest BCUT2D eigenvalue weighted by Crippen LogP contribution is 1.98. The van der Waals surface area contributed by atoms with Crippen molar-refractivity contribution in [3.8, 4) is 0 Å². The van der Waals surface area contributed by atoms with E-state index in [2.05, 4.69) is 11.9 Å². The molecule has 0 aliphatic rings. The van der Waals surface area contributed by atoms with Crippen molar-refractivity contribution in [2.75, 3.05) is 21.1 Å². The summed E-state index contributed by atoms with van der Waals surface area (Å²) in [5.41, 5.74) is 0.324. The lowest BCUT2D eigenvalue weighted by atomic mass is 10.3. The lowest BCUT2D eigenvalue weighted by Gasteiger charge is -2.07. The average Bonchev–Trinajstić information content (AvgIpc) is 2.02. The quantitative estimate of drug-likeness (QED) is 0.362. The van der Waals surface area contributed by atoms with Crippen LogP contribution in [0, 0.1) is 0 Å². The number of nitrogens with zero attached hydrogens (tertiary/aromatic N) is 1. The molecule has 0 saturated heterocycles. The van der Waals surface area contributed by atoms with Gasteiger partial charge in [-0.15, -0.1) is 0 Å². The molecule has 0 aromatic carbocycles. The minimum atomic E-state index is -0.274. The Labute approximate surface area is 72.2 Å². The Morgan fingerprint density at radius 2 is 2.08 bits per heavy atom. The molecular formula is C8H14N2O2. The zero-order valence-electron chi connectivity index (χ0n) is 7.59. The van der Waals surface area contributed by atoms with Gasteiger partial charge in [-0.1, -0.05) is 6.58 Å². The Bertz CT molecular complexity index is 219. The van der Waals surface area contributed by atoms with Gasteiger partial charge in [-0.3, -0.25) is 4.79 Å². The molecule has 12 heavy (non-hydrogen) atoms. The van der Waals surface area contributed by atoms with Crippen LogP contribution in [0.1, 0.15) is 0 Å². The number of likely N-dealkylation sites (N-methyl/N-ethyl adjacent to an activating group) is 2. The molecule has 1 amide bonds. The van der Waals surface area contributed by atoms with Crippen LogP contribution in [0.2, 0.25) is 0 Å². The van der Waals surface area contributed by atoms with Crippen LogP contribution in [0.5, 0.6) is 0 Å². The molecular weight excluding hydrogens is 156 g/mol. The number of nitrogens with one attached hydrogen (secondary N) is 1. The summed E-state index contributed by atoms with van der Waals surface area (Å²) in [5.74, 6) is -0.417. The largest absolute Gasteiger partial charge is 0.506 e. The molecule has 0 unspecified atom stereocenters.